The van der Waals surface area contributed by atoms with Gasteiger partial charge in [-0.05, 0) is 24.8 Å². The lowest BCUT2D eigenvalue weighted by Gasteiger charge is -2.05. The zero-order valence-corrected chi connectivity index (χ0v) is 15.4. The van der Waals surface area contributed by atoms with Crippen LogP contribution in [0.1, 0.15) is 96.1 Å². The van der Waals surface area contributed by atoms with Crippen LogP contribution in [-0.2, 0) is 19.4 Å². The topological polar surface area (TPSA) is 3.88 Å². The standard InChI is InChI=1S/C21H38N/c1-4-7-8-9-10-11-12-13-14-15-17-22-18-16-20(5-2)21(6-3)19-22/h16,18-19H,4-15,17H2,1-3H3/q+1. The number of aryl methyl sites for hydroxylation is 3. The van der Waals surface area contributed by atoms with E-state index in [1.54, 1.807) is 0 Å². The van der Waals surface area contributed by atoms with Gasteiger partial charge in [0.25, 0.3) is 0 Å². The van der Waals surface area contributed by atoms with Crippen LogP contribution in [0.2, 0.25) is 0 Å². The molecule has 0 unspecified atom stereocenters. The van der Waals surface area contributed by atoms with E-state index >= 15 is 0 Å². The largest absolute Gasteiger partial charge is 0.205 e. The van der Waals surface area contributed by atoms with Gasteiger partial charge in [0.15, 0.2) is 12.4 Å². The number of hydrogen-bond acceptors (Lipinski definition) is 0. The number of pyridine rings is 1. The quantitative estimate of drug-likeness (QED) is 0.310. The zero-order valence-electron chi connectivity index (χ0n) is 15.4. The Kier molecular flexibility index (Phi) is 11.1. The fraction of sp³-hybridized carbons (Fsp3) is 0.762. The normalized spacial score (nSPS) is 11.0. The van der Waals surface area contributed by atoms with Gasteiger partial charge < -0.3 is 0 Å². The lowest BCUT2D eigenvalue weighted by Crippen LogP contribution is -2.33. The highest BCUT2D eigenvalue weighted by Gasteiger charge is 2.06. The molecule has 22 heavy (non-hydrogen) atoms. The van der Waals surface area contributed by atoms with Gasteiger partial charge in [-0.1, -0.05) is 72.1 Å². The Morgan fingerprint density at radius 2 is 1.23 bits per heavy atom. The first-order valence-electron chi connectivity index (χ1n) is 9.82. The first-order chi connectivity index (χ1) is 10.8. The molecule has 0 saturated heterocycles. The number of unbranched alkanes of at least 4 members (excludes halogenated alkanes) is 9. The van der Waals surface area contributed by atoms with Crippen molar-refractivity contribution in [3.8, 4) is 0 Å². The first-order valence-corrected chi connectivity index (χ1v) is 9.82. The fourth-order valence-corrected chi connectivity index (χ4v) is 3.20. The van der Waals surface area contributed by atoms with Gasteiger partial charge in [-0.15, -0.1) is 0 Å². The van der Waals surface area contributed by atoms with Crippen LogP contribution in [0.5, 0.6) is 0 Å². The molecule has 0 spiro atoms. The number of hydrogen-bond donors (Lipinski definition) is 0. The highest BCUT2D eigenvalue weighted by Crippen LogP contribution is 2.11. The molecule has 0 aliphatic carbocycles. The van der Waals surface area contributed by atoms with E-state index in [2.05, 4.69) is 43.8 Å². The van der Waals surface area contributed by atoms with Crippen LogP contribution >= 0.6 is 0 Å². The van der Waals surface area contributed by atoms with Crippen molar-refractivity contribution in [2.75, 3.05) is 0 Å². The molecule has 126 valence electrons. The SMILES string of the molecule is CCCCCCCCCCCC[n+]1ccc(CC)c(CC)c1. The second kappa shape index (κ2) is 12.7. The van der Waals surface area contributed by atoms with Gasteiger partial charge in [-0.3, -0.25) is 0 Å². The van der Waals surface area contributed by atoms with Crippen LogP contribution < -0.4 is 4.57 Å². The molecule has 0 bridgehead atoms. The summed E-state index contributed by atoms with van der Waals surface area (Å²) in [5.74, 6) is 0. The predicted molar refractivity (Wildman–Crippen MR) is 97.2 cm³/mol. The van der Waals surface area contributed by atoms with E-state index in [-0.39, 0.29) is 0 Å². The predicted octanol–water partition coefficient (Wildman–Crippen LogP) is 6.02. The van der Waals surface area contributed by atoms with Crippen LogP contribution in [0.3, 0.4) is 0 Å². The maximum absolute atomic E-state index is 2.39. The fourth-order valence-electron chi connectivity index (χ4n) is 3.20. The van der Waals surface area contributed by atoms with E-state index in [0.29, 0.717) is 0 Å². The molecule has 0 radical (unpaired) electrons. The first kappa shape index (κ1) is 19.2. The summed E-state index contributed by atoms with van der Waals surface area (Å²) in [5.41, 5.74) is 3.04. The van der Waals surface area contributed by atoms with Gasteiger partial charge in [0.1, 0.15) is 6.54 Å². The summed E-state index contributed by atoms with van der Waals surface area (Å²) >= 11 is 0. The highest BCUT2D eigenvalue weighted by atomic mass is 14.9. The van der Waals surface area contributed by atoms with Crippen LogP contribution in [-0.4, -0.2) is 0 Å². The van der Waals surface area contributed by atoms with Crippen LogP contribution in [0.25, 0.3) is 0 Å². The summed E-state index contributed by atoms with van der Waals surface area (Å²) in [5, 5.41) is 0. The van der Waals surface area contributed by atoms with Crippen molar-refractivity contribution in [3.63, 3.8) is 0 Å². The third-order valence-corrected chi connectivity index (χ3v) is 4.73. The van der Waals surface area contributed by atoms with Crippen molar-refractivity contribution in [3.05, 3.63) is 29.6 Å². The van der Waals surface area contributed by atoms with Crippen LogP contribution in [0, 0.1) is 0 Å². The number of rotatable bonds is 13. The summed E-state index contributed by atoms with van der Waals surface area (Å²) < 4.78 is 2.39. The molecule has 0 N–H and O–H groups in total. The molecule has 1 aromatic heterocycles. The molecule has 1 nitrogen and oxygen atoms in total. The van der Waals surface area contributed by atoms with Gasteiger partial charge >= 0.3 is 0 Å². The van der Waals surface area contributed by atoms with E-state index in [0.717, 1.165) is 12.8 Å². The van der Waals surface area contributed by atoms with Crippen molar-refractivity contribution in [1.82, 2.24) is 0 Å². The average Bonchev–Trinajstić information content (AvgIpc) is 2.56. The molecule has 0 atom stereocenters. The Morgan fingerprint density at radius 1 is 0.682 bits per heavy atom. The minimum absolute atomic E-state index is 1.15. The Morgan fingerprint density at radius 3 is 1.77 bits per heavy atom. The van der Waals surface area contributed by atoms with Crippen molar-refractivity contribution >= 4 is 0 Å². The monoisotopic (exact) mass is 304 g/mol. The molecule has 0 aliphatic heterocycles. The molecule has 1 aromatic rings. The Balaban J connectivity index is 2.07. The third-order valence-electron chi connectivity index (χ3n) is 4.73. The van der Waals surface area contributed by atoms with Crippen LogP contribution in [0.4, 0.5) is 0 Å². The van der Waals surface area contributed by atoms with Crippen molar-refractivity contribution in [2.45, 2.75) is 104 Å². The van der Waals surface area contributed by atoms with E-state index in [1.807, 2.05) is 0 Å². The molecule has 1 rings (SSSR count). The Labute approximate surface area is 139 Å². The van der Waals surface area contributed by atoms with Gasteiger partial charge in [-0.25, -0.2) is 4.57 Å². The van der Waals surface area contributed by atoms with Gasteiger partial charge in [-0.2, -0.15) is 0 Å². The van der Waals surface area contributed by atoms with Crippen molar-refractivity contribution in [1.29, 1.82) is 0 Å². The molecule has 0 saturated carbocycles. The molecular formula is C21H38N+. The molecule has 0 aliphatic rings. The lowest BCUT2D eigenvalue weighted by atomic mass is 10.1. The van der Waals surface area contributed by atoms with Gasteiger partial charge in [0.05, 0.1) is 0 Å². The third kappa shape index (κ3) is 7.96. The highest BCUT2D eigenvalue weighted by molar-refractivity contribution is 5.20. The second-order valence-electron chi connectivity index (χ2n) is 6.62. The lowest BCUT2D eigenvalue weighted by molar-refractivity contribution is -0.697. The van der Waals surface area contributed by atoms with Crippen molar-refractivity contribution in [2.24, 2.45) is 0 Å². The second-order valence-corrected chi connectivity index (χ2v) is 6.62. The molecule has 1 heterocycles. The van der Waals surface area contributed by atoms with Gasteiger partial charge in [0, 0.05) is 18.1 Å². The maximum atomic E-state index is 2.39. The summed E-state index contributed by atoms with van der Waals surface area (Å²) in [6.45, 7) is 7.99. The summed E-state index contributed by atoms with van der Waals surface area (Å²) in [7, 11) is 0. The number of nitrogens with zero attached hydrogens (tertiary/aromatic N) is 1. The van der Waals surface area contributed by atoms with Crippen LogP contribution in [0.15, 0.2) is 18.5 Å². The van der Waals surface area contributed by atoms with E-state index < -0.39 is 0 Å². The summed E-state index contributed by atoms with van der Waals surface area (Å²) in [4.78, 5) is 0. The summed E-state index contributed by atoms with van der Waals surface area (Å²) in [6.07, 6.45) is 21.1. The maximum Gasteiger partial charge on any atom is 0.172 e. The van der Waals surface area contributed by atoms with E-state index in [9.17, 15) is 0 Å². The molecular weight excluding hydrogens is 266 g/mol. The van der Waals surface area contributed by atoms with E-state index in [1.165, 1.54) is 81.9 Å². The van der Waals surface area contributed by atoms with E-state index in [4.69, 9.17) is 0 Å². The zero-order chi connectivity index (χ0) is 16.0. The minimum Gasteiger partial charge on any atom is -0.205 e. The molecule has 0 aromatic carbocycles. The smallest absolute Gasteiger partial charge is 0.172 e. The minimum atomic E-state index is 1.15. The van der Waals surface area contributed by atoms with Gasteiger partial charge in [0.2, 0.25) is 0 Å². The Hall–Kier alpha value is -0.850. The Bertz CT molecular complexity index is 383. The molecule has 0 amide bonds. The number of aromatic nitrogens is 1. The molecule has 0 fully saturated rings. The summed E-state index contributed by atoms with van der Waals surface area (Å²) in [6, 6.07) is 2.31. The molecule has 1 heteroatoms. The average molecular weight is 305 g/mol. The van der Waals surface area contributed by atoms with Crippen molar-refractivity contribution < 1.29 is 4.57 Å².